The second kappa shape index (κ2) is 6.38. The Morgan fingerprint density at radius 1 is 1.23 bits per heavy atom. The maximum atomic E-state index is 13.8. The van der Waals surface area contributed by atoms with Gasteiger partial charge in [0.05, 0.1) is 11.0 Å². The Balaban J connectivity index is 1.64. The molecule has 0 N–H and O–H groups in total. The largest absolute Gasteiger partial charge is 0.368 e. The van der Waals surface area contributed by atoms with E-state index in [2.05, 4.69) is 15.1 Å². The monoisotopic (exact) mass is 441 g/mol. The summed E-state index contributed by atoms with van der Waals surface area (Å²) in [6.07, 6.45) is 4.84. The molecule has 0 amide bonds. The zero-order valence-corrected chi connectivity index (χ0v) is 17.8. The molecule has 2 fully saturated rings. The molecule has 1 saturated carbocycles. The van der Waals surface area contributed by atoms with Crippen LogP contribution in [0.25, 0.3) is 28.1 Å². The summed E-state index contributed by atoms with van der Waals surface area (Å²) in [6.45, 7) is 2.52. The van der Waals surface area contributed by atoms with Crippen LogP contribution in [0.3, 0.4) is 0 Å². The lowest BCUT2D eigenvalue weighted by Crippen LogP contribution is -2.39. The van der Waals surface area contributed by atoms with Gasteiger partial charge in [0.25, 0.3) is 11.4 Å². The number of imidazole rings is 1. The fourth-order valence-corrected chi connectivity index (χ4v) is 4.69. The van der Waals surface area contributed by atoms with Gasteiger partial charge in [-0.2, -0.15) is 4.98 Å². The molecule has 160 valence electrons. The standard InChI is InChI=1S/C21H20ClN5O4/c1-20(6-3-9-30-20)27-14-10-12(22)4-5-13(14)26-11-23-15(16(26)18(27)28)17-24-19(31-25-17)21(29-2)7-8-21/h4-5,10-11H,3,6-9H2,1-2H3. The van der Waals surface area contributed by atoms with Crippen LogP contribution in [-0.4, -0.2) is 37.8 Å². The number of hydrogen-bond donors (Lipinski definition) is 0. The van der Waals surface area contributed by atoms with Gasteiger partial charge in [0.1, 0.15) is 28.9 Å². The van der Waals surface area contributed by atoms with Gasteiger partial charge in [-0.25, -0.2) is 4.98 Å². The topological polar surface area (TPSA) is 96.7 Å². The average molecular weight is 442 g/mol. The Morgan fingerprint density at radius 3 is 2.77 bits per heavy atom. The van der Waals surface area contributed by atoms with E-state index >= 15 is 0 Å². The van der Waals surface area contributed by atoms with E-state index in [1.807, 2.05) is 13.0 Å². The second-order valence-electron chi connectivity index (χ2n) is 8.33. The first-order valence-corrected chi connectivity index (χ1v) is 10.6. The highest BCUT2D eigenvalue weighted by atomic mass is 35.5. The van der Waals surface area contributed by atoms with Gasteiger partial charge in [-0.15, -0.1) is 0 Å². The van der Waals surface area contributed by atoms with Crippen molar-refractivity contribution in [2.24, 2.45) is 0 Å². The van der Waals surface area contributed by atoms with Crippen molar-refractivity contribution in [2.45, 2.75) is 43.9 Å². The number of fused-ring (bicyclic) bond motifs is 3. The number of rotatable bonds is 4. The Hall–Kier alpha value is -2.75. The zero-order valence-electron chi connectivity index (χ0n) is 17.1. The molecule has 10 heteroatoms. The van der Waals surface area contributed by atoms with Crippen molar-refractivity contribution < 1.29 is 14.0 Å². The summed E-state index contributed by atoms with van der Waals surface area (Å²) in [4.78, 5) is 22.8. The van der Waals surface area contributed by atoms with E-state index in [-0.39, 0.29) is 11.4 Å². The molecule has 1 atom stereocenters. The molecule has 0 bridgehead atoms. The van der Waals surface area contributed by atoms with Crippen LogP contribution in [0.1, 0.15) is 38.5 Å². The summed E-state index contributed by atoms with van der Waals surface area (Å²) in [6, 6.07) is 5.44. The molecule has 1 unspecified atom stereocenters. The fourth-order valence-electron chi connectivity index (χ4n) is 4.53. The predicted molar refractivity (Wildman–Crippen MR) is 112 cm³/mol. The molecule has 0 spiro atoms. The van der Waals surface area contributed by atoms with Crippen molar-refractivity contribution in [1.82, 2.24) is 24.1 Å². The highest BCUT2D eigenvalue weighted by Crippen LogP contribution is 2.48. The van der Waals surface area contributed by atoms with Crippen molar-refractivity contribution in [3.63, 3.8) is 0 Å². The fraction of sp³-hybridized carbons (Fsp3) is 0.429. The molecule has 4 aromatic rings. The van der Waals surface area contributed by atoms with Crippen molar-refractivity contribution in [3.8, 4) is 11.5 Å². The maximum absolute atomic E-state index is 13.8. The highest BCUT2D eigenvalue weighted by Gasteiger charge is 2.50. The van der Waals surface area contributed by atoms with Gasteiger partial charge >= 0.3 is 0 Å². The van der Waals surface area contributed by atoms with Crippen LogP contribution in [0.15, 0.2) is 33.8 Å². The van der Waals surface area contributed by atoms with Gasteiger partial charge < -0.3 is 14.0 Å². The first-order valence-electron chi connectivity index (χ1n) is 10.2. The minimum atomic E-state index is -0.778. The lowest BCUT2D eigenvalue weighted by atomic mass is 10.1. The van der Waals surface area contributed by atoms with E-state index in [4.69, 9.17) is 25.6 Å². The van der Waals surface area contributed by atoms with Gasteiger partial charge in [0, 0.05) is 18.7 Å². The van der Waals surface area contributed by atoms with Crippen LogP contribution in [0.5, 0.6) is 0 Å². The maximum Gasteiger partial charge on any atom is 0.280 e. The van der Waals surface area contributed by atoms with Crippen LogP contribution in [0, 0.1) is 0 Å². The molecular weight excluding hydrogens is 422 g/mol. The third-order valence-corrected chi connectivity index (χ3v) is 6.64. The summed E-state index contributed by atoms with van der Waals surface area (Å²) in [7, 11) is 1.63. The van der Waals surface area contributed by atoms with Crippen molar-refractivity contribution in [3.05, 3.63) is 45.8 Å². The number of methoxy groups -OCH3 is 1. The summed E-state index contributed by atoms with van der Waals surface area (Å²) in [5, 5.41) is 4.64. The second-order valence-corrected chi connectivity index (χ2v) is 8.77. The number of ether oxygens (including phenoxy) is 2. The Morgan fingerprint density at radius 2 is 2.06 bits per heavy atom. The smallest absolute Gasteiger partial charge is 0.280 e. The molecule has 2 aliphatic rings. The van der Waals surface area contributed by atoms with Crippen LogP contribution in [0.4, 0.5) is 0 Å². The molecule has 1 aliphatic heterocycles. The van der Waals surface area contributed by atoms with Gasteiger partial charge in [-0.1, -0.05) is 16.8 Å². The lowest BCUT2D eigenvalue weighted by molar-refractivity contribution is -0.0447. The molecule has 3 aromatic heterocycles. The molecular formula is C21H20ClN5O4. The van der Waals surface area contributed by atoms with Crippen LogP contribution < -0.4 is 5.56 Å². The number of benzene rings is 1. The molecule has 0 radical (unpaired) electrons. The summed E-state index contributed by atoms with van der Waals surface area (Å²) in [5.74, 6) is 0.667. The lowest BCUT2D eigenvalue weighted by Gasteiger charge is -2.28. The van der Waals surface area contributed by atoms with E-state index in [1.165, 1.54) is 0 Å². The van der Waals surface area contributed by atoms with E-state index in [0.717, 1.165) is 31.2 Å². The molecule has 1 aromatic carbocycles. The van der Waals surface area contributed by atoms with E-state index in [1.54, 1.807) is 34.5 Å². The first kappa shape index (κ1) is 19.0. The van der Waals surface area contributed by atoms with Gasteiger partial charge in [-0.3, -0.25) is 13.8 Å². The van der Waals surface area contributed by atoms with Gasteiger partial charge in [0.2, 0.25) is 5.82 Å². The van der Waals surface area contributed by atoms with Crippen molar-refractivity contribution in [2.75, 3.05) is 13.7 Å². The average Bonchev–Trinajstić information content (AvgIpc) is 3.12. The van der Waals surface area contributed by atoms with E-state index < -0.39 is 11.3 Å². The Bertz CT molecular complexity index is 1390. The number of nitrogens with zero attached hydrogens (tertiary/aromatic N) is 5. The molecule has 4 heterocycles. The number of halogens is 1. The quantitative estimate of drug-likeness (QED) is 0.478. The summed E-state index contributed by atoms with van der Waals surface area (Å²) < 4.78 is 20.4. The first-order chi connectivity index (χ1) is 15.0. The molecule has 31 heavy (non-hydrogen) atoms. The number of aromatic nitrogens is 5. The summed E-state index contributed by atoms with van der Waals surface area (Å²) in [5.41, 5.74) is 0.651. The van der Waals surface area contributed by atoms with Crippen LogP contribution in [0.2, 0.25) is 5.02 Å². The zero-order chi connectivity index (χ0) is 21.4. The van der Waals surface area contributed by atoms with Crippen molar-refractivity contribution >= 4 is 28.2 Å². The van der Waals surface area contributed by atoms with E-state index in [0.29, 0.717) is 34.2 Å². The van der Waals surface area contributed by atoms with Crippen LogP contribution in [-0.2, 0) is 20.8 Å². The molecule has 1 saturated heterocycles. The highest BCUT2D eigenvalue weighted by molar-refractivity contribution is 6.31. The normalized spacial score (nSPS) is 22.5. The van der Waals surface area contributed by atoms with Gasteiger partial charge in [0.15, 0.2) is 0 Å². The molecule has 9 nitrogen and oxygen atoms in total. The minimum Gasteiger partial charge on any atom is -0.368 e. The van der Waals surface area contributed by atoms with Gasteiger partial charge in [-0.05, 0) is 50.8 Å². The van der Waals surface area contributed by atoms with E-state index in [9.17, 15) is 4.79 Å². The third kappa shape index (κ3) is 2.63. The number of hydrogen-bond acceptors (Lipinski definition) is 7. The van der Waals surface area contributed by atoms with Crippen LogP contribution >= 0.6 is 11.6 Å². The van der Waals surface area contributed by atoms with Crippen molar-refractivity contribution in [1.29, 1.82) is 0 Å². The predicted octanol–water partition coefficient (Wildman–Crippen LogP) is 3.47. The Labute approximate surface area is 181 Å². The summed E-state index contributed by atoms with van der Waals surface area (Å²) >= 11 is 6.29. The SMILES string of the molecule is COC1(c2nc(-c3ncn4c3c(=O)n(C3(C)CCCO3)c3cc(Cl)ccc34)no2)CC1. The molecule has 1 aliphatic carbocycles. The third-order valence-electron chi connectivity index (χ3n) is 6.40. The molecule has 6 rings (SSSR count). The Kier molecular flexibility index (Phi) is 3.91. The minimum absolute atomic E-state index is 0.245.